The van der Waals surface area contributed by atoms with Crippen molar-refractivity contribution in [3.05, 3.63) is 35.6 Å². The largest absolute Gasteiger partial charge is 0.358 e. The van der Waals surface area contributed by atoms with Crippen molar-refractivity contribution in [3.63, 3.8) is 0 Å². The molecule has 1 fully saturated rings. The number of likely N-dealkylation sites (N-methyl/N-ethyl adjacent to an activating group) is 1. The fraction of sp³-hybridized carbons (Fsp3) is 0.462. The Morgan fingerprint density at radius 1 is 1.61 bits per heavy atom. The van der Waals surface area contributed by atoms with Gasteiger partial charge in [-0.05, 0) is 17.7 Å². The van der Waals surface area contributed by atoms with Crippen molar-refractivity contribution in [2.75, 3.05) is 26.7 Å². The molecule has 2 N–H and O–H groups in total. The molecule has 98 valence electrons. The average molecular weight is 251 g/mol. The summed E-state index contributed by atoms with van der Waals surface area (Å²) >= 11 is 0. The van der Waals surface area contributed by atoms with Crippen molar-refractivity contribution in [1.82, 2.24) is 15.5 Å². The van der Waals surface area contributed by atoms with E-state index in [2.05, 4.69) is 15.5 Å². The van der Waals surface area contributed by atoms with E-state index in [4.69, 9.17) is 0 Å². The number of amides is 1. The van der Waals surface area contributed by atoms with Crippen LogP contribution in [0, 0.1) is 5.82 Å². The number of benzene rings is 1. The molecule has 0 aromatic heterocycles. The number of nitrogens with one attached hydrogen (secondary N) is 2. The van der Waals surface area contributed by atoms with E-state index >= 15 is 0 Å². The van der Waals surface area contributed by atoms with Crippen molar-refractivity contribution in [2.45, 2.75) is 12.6 Å². The van der Waals surface area contributed by atoms with E-state index in [1.165, 1.54) is 12.1 Å². The van der Waals surface area contributed by atoms with Crippen LogP contribution in [0.4, 0.5) is 4.39 Å². The third-order valence-corrected chi connectivity index (χ3v) is 3.18. The van der Waals surface area contributed by atoms with Gasteiger partial charge in [0, 0.05) is 33.2 Å². The summed E-state index contributed by atoms with van der Waals surface area (Å²) < 4.78 is 13.1. The second-order valence-electron chi connectivity index (χ2n) is 4.43. The van der Waals surface area contributed by atoms with E-state index in [1.54, 1.807) is 13.1 Å². The van der Waals surface area contributed by atoms with Crippen molar-refractivity contribution in [2.24, 2.45) is 0 Å². The smallest absolute Gasteiger partial charge is 0.238 e. The third-order valence-electron chi connectivity index (χ3n) is 3.18. The van der Waals surface area contributed by atoms with Gasteiger partial charge in [0.05, 0.1) is 0 Å². The Hall–Kier alpha value is -1.46. The van der Waals surface area contributed by atoms with Crippen LogP contribution < -0.4 is 10.6 Å². The van der Waals surface area contributed by atoms with Gasteiger partial charge in [0.25, 0.3) is 0 Å². The summed E-state index contributed by atoms with van der Waals surface area (Å²) in [6.07, 6.45) is 0. The summed E-state index contributed by atoms with van der Waals surface area (Å²) in [6.45, 7) is 2.87. The number of carbonyl (C=O) groups excluding carboxylic acids is 1. The summed E-state index contributed by atoms with van der Waals surface area (Å²) in [5, 5.41) is 5.87. The minimum Gasteiger partial charge on any atom is -0.358 e. The molecule has 1 aromatic rings. The molecule has 1 amide bonds. The van der Waals surface area contributed by atoms with E-state index in [9.17, 15) is 9.18 Å². The average Bonchev–Trinajstić information content (AvgIpc) is 2.38. The molecule has 0 radical (unpaired) electrons. The zero-order valence-corrected chi connectivity index (χ0v) is 10.4. The maximum Gasteiger partial charge on any atom is 0.238 e. The first kappa shape index (κ1) is 13.0. The lowest BCUT2D eigenvalue weighted by Gasteiger charge is -2.34. The summed E-state index contributed by atoms with van der Waals surface area (Å²) in [7, 11) is 1.64. The van der Waals surface area contributed by atoms with Crippen molar-refractivity contribution in [3.8, 4) is 0 Å². The van der Waals surface area contributed by atoms with Crippen molar-refractivity contribution in [1.29, 1.82) is 0 Å². The first-order valence-electron chi connectivity index (χ1n) is 6.11. The molecule has 1 atom stereocenters. The molecule has 0 saturated carbocycles. The maximum atomic E-state index is 13.1. The Morgan fingerprint density at radius 2 is 2.44 bits per heavy atom. The molecule has 0 aliphatic carbocycles. The molecule has 1 heterocycles. The van der Waals surface area contributed by atoms with Crippen molar-refractivity contribution >= 4 is 5.91 Å². The van der Waals surface area contributed by atoms with Gasteiger partial charge in [0.2, 0.25) is 5.91 Å². The summed E-state index contributed by atoms with van der Waals surface area (Å²) in [5.74, 6) is -0.238. The fourth-order valence-corrected chi connectivity index (χ4v) is 2.23. The molecule has 1 unspecified atom stereocenters. The highest BCUT2D eigenvalue weighted by molar-refractivity contribution is 5.81. The number of hydrogen-bond acceptors (Lipinski definition) is 3. The summed E-state index contributed by atoms with van der Waals surface area (Å²) in [6, 6.07) is 6.33. The lowest BCUT2D eigenvalue weighted by molar-refractivity contribution is -0.126. The van der Waals surface area contributed by atoms with Crippen LogP contribution in [-0.4, -0.2) is 43.5 Å². The van der Waals surface area contributed by atoms with Gasteiger partial charge >= 0.3 is 0 Å². The maximum absolute atomic E-state index is 13.1. The predicted molar refractivity (Wildman–Crippen MR) is 67.5 cm³/mol. The summed E-state index contributed by atoms with van der Waals surface area (Å²) in [5.41, 5.74) is 0.894. The predicted octanol–water partition coefficient (Wildman–Crippen LogP) is 0.346. The van der Waals surface area contributed by atoms with Gasteiger partial charge in [-0.1, -0.05) is 12.1 Å². The molecule has 1 aliphatic heterocycles. The SMILES string of the molecule is CNC(=O)C1CNCCN1Cc1cccc(F)c1. The van der Waals surface area contributed by atoms with Gasteiger partial charge in [0.15, 0.2) is 0 Å². The first-order chi connectivity index (χ1) is 8.70. The molecule has 18 heavy (non-hydrogen) atoms. The van der Waals surface area contributed by atoms with E-state index < -0.39 is 0 Å². The van der Waals surface area contributed by atoms with Crippen LogP contribution in [0.25, 0.3) is 0 Å². The Kier molecular flexibility index (Phi) is 4.28. The van der Waals surface area contributed by atoms with E-state index in [0.29, 0.717) is 13.1 Å². The third kappa shape index (κ3) is 3.05. The van der Waals surface area contributed by atoms with Crippen LogP contribution in [0.5, 0.6) is 0 Å². The van der Waals surface area contributed by atoms with Crippen LogP contribution in [0.3, 0.4) is 0 Å². The van der Waals surface area contributed by atoms with Gasteiger partial charge < -0.3 is 10.6 Å². The number of halogens is 1. The highest BCUT2D eigenvalue weighted by Crippen LogP contribution is 2.11. The minimum atomic E-state index is -0.237. The normalized spacial score (nSPS) is 20.7. The minimum absolute atomic E-state index is 0.00129. The number of piperazine rings is 1. The Bertz CT molecular complexity index is 424. The van der Waals surface area contributed by atoms with Crippen LogP contribution >= 0.6 is 0 Å². The van der Waals surface area contributed by atoms with E-state index in [-0.39, 0.29) is 17.8 Å². The number of nitrogens with zero attached hydrogens (tertiary/aromatic N) is 1. The molecule has 2 rings (SSSR count). The van der Waals surface area contributed by atoms with Gasteiger partial charge in [0.1, 0.15) is 11.9 Å². The van der Waals surface area contributed by atoms with Gasteiger partial charge in [-0.15, -0.1) is 0 Å². The first-order valence-corrected chi connectivity index (χ1v) is 6.11. The highest BCUT2D eigenvalue weighted by atomic mass is 19.1. The van der Waals surface area contributed by atoms with E-state index in [0.717, 1.165) is 18.7 Å². The molecule has 0 spiro atoms. The zero-order chi connectivity index (χ0) is 13.0. The van der Waals surface area contributed by atoms with Crippen LogP contribution in [0.1, 0.15) is 5.56 Å². The van der Waals surface area contributed by atoms with Crippen LogP contribution in [-0.2, 0) is 11.3 Å². The van der Waals surface area contributed by atoms with Gasteiger partial charge in [-0.2, -0.15) is 0 Å². The number of carbonyl (C=O) groups is 1. The second-order valence-corrected chi connectivity index (χ2v) is 4.43. The van der Waals surface area contributed by atoms with Crippen LogP contribution in [0.15, 0.2) is 24.3 Å². The van der Waals surface area contributed by atoms with E-state index in [1.807, 2.05) is 6.07 Å². The molecule has 1 aliphatic rings. The molecular weight excluding hydrogens is 233 g/mol. The van der Waals surface area contributed by atoms with Crippen molar-refractivity contribution < 1.29 is 9.18 Å². The van der Waals surface area contributed by atoms with Gasteiger partial charge in [-0.3, -0.25) is 9.69 Å². The Balaban J connectivity index is 2.07. The number of rotatable bonds is 3. The molecule has 0 bridgehead atoms. The van der Waals surface area contributed by atoms with Gasteiger partial charge in [-0.25, -0.2) is 4.39 Å². The monoisotopic (exact) mass is 251 g/mol. The molecule has 1 aromatic carbocycles. The molecule has 1 saturated heterocycles. The summed E-state index contributed by atoms with van der Waals surface area (Å²) in [4.78, 5) is 13.8. The van der Waals surface area contributed by atoms with Crippen LogP contribution in [0.2, 0.25) is 0 Å². The quantitative estimate of drug-likeness (QED) is 0.814. The Labute approximate surface area is 106 Å². The lowest BCUT2D eigenvalue weighted by Crippen LogP contribution is -2.56. The second kappa shape index (κ2) is 5.93. The molecular formula is C13H18FN3O. The molecule has 4 nitrogen and oxygen atoms in total. The standard InChI is InChI=1S/C13H18FN3O/c1-15-13(18)12-8-16-5-6-17(12)9-10-3-2-4-11(14)7-10/h2-4,7,12,16H,5-6,8-9H2,1H3,(H,15,18). The number of hydrogen-bond donors (Lipinski definition) is 2. The zero-order valence-electron chi connectivity index (χ0n) is 10.4. The molecule has 5 heteroatoms. The highest BCUT2D eigenvalue weighted by Gasteiger charge is 2.27. The Morgan fingerprint density at radius 3 is 3.17 bits per heavy atom. The lowest BCUT2D eigenvalue weighted by atomic mass is 10.1. The topological polar surface area (TPSA) is 44.4 Å². The fourth-order valence-electron chi connectivity index (χ4n) is 2.23.